The van der Waals surface area contributed by atoms with Crippen LogP contribution in [0.5, 0.6) is 11.5 Å². The van der Waals surface area contributed by atoms with Gasteiger partial charge in [0.15, 0.2) is 12.4 Å². The first-order valence-electron chi connectivity index (χ1n) is 11.5. The average molecular weight is 485 g/mol. The summed E-state index contributed by atoms with van der Waals surface area (Å²) >= 11 is 0. The fourth-order valence-electron chi connectivity index (χ4n) is 3.95. The molecule has 8 heteroatoms. The molecule has 0 aromatic heterocycles. The number of likely N-dealkylation sites (N-methyl/N-ethyl adjacent to an activating group) is 1. The molecule has 0 saturated carbocycles. The molecule has 8 nitrogen and oxygen atoms in total. The number of Topliss-reactive ketones (excluding diaryl/α,β-unsaturated/α-hetero) is 1. The number of nitrogens with zero attached hydrogens (tertiary/aromatic N) is 2. The van der Waals surface area contributed by atoms with E-state index >= 15 is 0 Å². The van der Waals surface area contributed by atoms with Gasteiger partial charge in [0, 0.05) is 13.5 Å². The van der Waals surface area contributed by atoms with Crippen LogP contribution in [0.2, 0.25) is 0 Å². The fourth-order valence-corrected chi connectivity index (χ4v) is 3.95. The molecule has 0 bridgehead atoms. The molecule has 0 spiro atoms. The quantitative estimate of drug-likeness (QED) is 0.349. The number of amides is 2. The first-order valence-corrected chi connectivity index (χ1v) is 11.5. The summed E-state index contributed by atoms with van der Waals surface area (Å²) < 4.78 is 6.06. The molecular formula is C28H26N3O5. The Labute approximate surface area is 209 Å². The SMILES string of the molecule is CCC1=C(C(=O)C(N)=O)c2c(ccc(Cc3ccccc3)c2OCC(=O)N(C)Oc2ccccc2)[N]1. The van der Waals surface area contributed by atoms with E-state index in [0.29, 0.717) is 41.3 Å². The monoisotopic (exact) mass is 484 g/mol. The summed E-state index contributed by atoms with van der Waals surface area (Å²) in [5.41, 5.74) is 8.54. The van der Waals surface area contributed by atoms with Gasteiger partial charge in [-0.15, -0.1) is 0 Å². The summed E-state index contributed by atoms with van der Waals surface area (Å²) in [7, 11) is 1.49. The van der Waals surface area contributed by atoms with Crippen LogP contribution in [0, 0.1) is 0 Å². The van der Waals surface area contributed by atoms with Crippen molar-refractivity contribution in [3.63, 3.8) is 0 Å². The summed E-state index contributed by atoms with van der Waals surface area (Å²) in [6.45, 7) is 1.48. The van der Waals surface area contributed by atoms with E-state index < -0.39 is 17.6 Å². The summed E-state index contributed by atoms with van der Waals surface area (Å²) in [6.07, 6.45) is 0.899. The first-order chi connectivity index (χ1) is 17.4. The molecule has 1 aliphatic rings. The number of para-hydroxylation sites is 1. The van der Waals surface area contributed by atoms with Crippen molar-refractivity contribution in [2.24, 2.45) is 5.73 Å². The van der Waals surface area contributed by atoms with E-state index in [-0.39, 0.29) is 12.2 Å². The maximum absolute atomic E-state index is 12.8. The predicted octanol–water partition coefficient (Wildman–Crippen LogP) is 3.53. The number of carbonyl (C=O) groups is 3. The molecule has 4 rings (SSSR count). The molecule has 1 heterocycles. The number of ether oxygens (including phenoxy) is 1. The third kappa shape index (κ3) is 5.22. The lowest BCUT2D eigenvalue weighted by Crippen LogP contribution is -2.34. The minimum Gasteiger partial charge on any atom is -0.483 e. The topological polar surface area (TPSA) is 113 Å². The lowest BCUT2D eigenvalue weighted by molar-refractivity contribution is -0.154. The zero-order chi connectivity index (χ0) is 25.7. The van der Waals surface area contributed by atoms with E-state index in [1.54, 1.807) is 30.3 Å². The Hall–Kier alpha value is -4.59. The average Bonchev–Trinajstić information content (AvgIpc) is 3.27. The van der Waals surface area contributed by atoms with Crippen molar-refractivity contribution in [3.8, 4) is 11.5 Å². The van der Waals surface area contributed by atoms with Crippen LogP contribution in [0.4, 0.5) is 5.69 Å². The van der Waals surface area contributed by atoms with Gasteiger partial charge in [-0.25, -0.2) is 0 Å². The largest absolute Gasteiger partial charge is 0.483 e. The predicted molar refractivity (Wildman–Crippen MR) is 134 cm³/mol. The Morgan fingerprint density at radius 2 is 1.61 bits per heavy atom. The summed E-state index contributed by atoms with van der Waals surface area (Å²) in [5, 5.41) is 5.62. The summed E-state index contributed by atoms with van der Waals surface area (Å²) in [6, 6.07) is 22.2. The van der Waals surface area contributed by atoms with Crippen molar-refractivity contribution in [1.82, 2.24) is 10.4 Å². The molecule has 36 heavy (non-hydrogen) atoms. The number of carbonyl (C=O) groups excluding carboxylic acids is 3. The zero-order valence-corrected chi connectivity index (χ0v) is 20.1. The molecular weight excluding hydrogens is 458 g/mol. The van der Waals surface area contributed by atoms with Crippen LogP contribution in [-0.4, -0.2) is 36.3 Å². The highest BCUT2D eigenvalue weighted by atomic mass is 16.7. The highest BCUT2D eigenvalue weighted by Crippen LogP contribution is 2.44. The number of primary amides is 1. The van der Waals surface area contributed by atoms with Crippen LogP contribution in [0.25, 0.3) is 5.57 Å². The van der Waals surface area contributed by atoms with E-state index in [2.05, 4.69) is 5.32 Å². The fraction of sp³-hybridized carbons (Fsp3) is 0.179. The Kier molecular flexibility index (Phi) is 7.34. The number of allylic oxidation sites excluding steroid dienone is 1. The zero-order valence-electron chi connectivity index (χ0n) is 20.1. The van der Waals surface area contributed by atoms with Crippen LogP contribution in [0.1, 0.15) is 30.0 Å². The number of fused-ring (bicyclic) bond motifs is 1. The highest BCUT2D eigenvalue weighted by molar-refractivity contribution is 6.54. The van der Waals surface area contributed by atoms with Gasteiger partial charge < -0.3 is 15.3 Å². The van der Waals surface area contributed by atoms with Gasteiger partial charge >= 0.3 is 0 Å². The number of ketones is 1. The molecule has 0 fully saturated rings. The minimum atomic E-state index is -1.08. The highest BCUT2D eigenvalue weighted by Gasteiger charge is 2.34. The molecule has 0 atom stereocenters. The number of rotatable bonds is 10. The standard InChI is InChI=1S/C28H26N3O5/c1-3-21-24(26(33)28(29)34)25-22(30-21)15-14-19(16-18-10-6-4-7-11-18)27(25)35-17-23(32)31(2)36-20-12-8-5-9-13-20/h4-15H,3,16-17H2,1-2H3,(H2,29,34). The number of hydrogen-bond donors (Lipinski definition) is 1. The van der Waals surface area contributed by atoms with E-state index in [1.807, 2.05) is 49.4 Å². The number of hydroxylamine groups is 2. The molecule has 3 aromatic carbocycles. The molecule has 3 aromatic rings. The normalized spacial score (nSPS) is 11.9. The second kappa shape index (κ2) is 10.8. The summed E-state index contributed by atoms with van der Waals surface area (Å²) in [4.78, 5) is 43.1. The molecule has 2 amide bonds. The number of nitrogens with two attached hydrogens (primary N) is 1. The molecule has 183 valence electrons. The van der Waals surface area contributed by atoms with Gasteiger partial charge in [0.25, 0.3) is 17.6 Å². The van der Waals surface area contributed by atoms with Crippen LogP contribution in [-0.2, 0) is 20.8 Å². The Bertz CT molecular complexity index is 1320. The van der Waals surface area contributed by atoms with Gasteiger partial charge in [-0.1, -0.05) is 61.5 Å². The van der Waals surface area contributed by atoms with Crippen molar-refractivity contribution in [3.05, 3.63) is 95.2 Å². The smallest absolute Gasteiger partial charge is 0.292 e. The second-order valence-corrected chi connectivity index (χ2v) is 8.17. The maximum Gasteiger partial charge on any atom is 0.292 e. The lowest BCUT2D eigenvalue weighted by Gasteiger charge is -2.20. The lowest BCUT2D eigenvalue weighted by atomic mass is 9.94. The first kappa shape index (κ1) is 24.5. The molecule has 0 aliphatic carbocycles. The van der Waals surface area contributed by atoms with E-state index in [9.17, 15) is 14.4 Å². The number of hydrogen-bond acceptors (Lipinski definition) is 5. The third-order valence-corrected chi connectivity index (χ3v) is 5.71. The molecule has 0 saturated heterocycles. The molecule has 1 aliphatic heterocycles. The van der Waals surface area contributed by atoms with Gasteiger partial charge in [0.05, 0.1) is 22.5 Å². The second-order valence-electron chi connectivity index (χ2n) is 8.17. The van der Waals surface area contributed by atoms with Crippen LogP contribution >= 0.6 is 0 Å². The van der Waals surface area contributed by atoms with Gasteiger partial charge in [-0.05, 0) is 35.7 Å². The van der Waals surface area contributed by atoms with Gasteiger partial charge in [0.2, 0.25) is 0 Å². The van der Waals surface area contributed by atoms with Crippen LogP contribution in [0.15, 0.2) is 78.5 Å². The third-order valence-electron chi connectivity index (χ3n) is 5.71. The molecule has 2 N–H and O–H groups in total. The minimum absolute atomic E-state index is 0.117. The van der Waals surface area contributed by atoms with Crippen molar-refractivity contribution in [2.75, 3.05) is 13.7 Å². The van der Waals surface area contributed by atoms with Crippen molar-refractivity contribution in [2.45, 2.75) is 19.8 Å². The van der Waals surface area contributed by atoms with E-state index in [0.717, 1.165) is 16.2 Å². The Morgan fingerprint density at radius 3 is 2.25 bits per heavy atom. The maximum atomic E-state index is 12.8. The van der Waals surface area contributed by atoms with Crippen molar-refractivity contribution < 1.29 is 24.0 Å². The van der Waals surface area contributed by atoms with Crippen LogP contribution in [0.3, 0.4) is 0 Å². The molecule has 1 radical (unpaired) electrons. The van der Waals surface area contributed by atoms with Crippen molar-refractivity contribution in [1.29, 1.82) is 0 Å². The number of benzene rings is 3. The van der Waals surface area contributed by atoms with Crippen molar-refractivity contribution >= 4 is 28.9 Å². The Balaban J connectivity index is 1.68. The van der Waals surface area contributed by atoms with E-state index in [4.69, 9.17) is 15.3 Å². The van der Waals surface area contributed by atoms with Gasteiger partial charge in [0.1, 0.15) is 5.75 Å². The van der Waals surface area contributed by atoms with E-state index in [1.165, 1.54) is 7.05 Å². The van der Waals surface area contributed by atoms with Gasteiger partial charge in [-0.2, -0.15) is 5.06 Å². The van der Waals surface area contributed by atoms with Gasteiger partial charge in [-0.3, -0.25) is 19.7 Å². The molecule has 0 unspecified atom stereocenters. The Morgan fingerprint density at radius 1 is 0.944 bits per heavy atom. The van der Waals surface area contributed by atoms with Crippen LogP contribution < -0.4 is 20.6 Å². The summed E-state index contributed by atoms with van der Waals surface area (Å²) in [5.74, 6) is -1.55.